The van der Waals surface area contributed by atoms with Crippen molar-refractivity contribution in [2.24, 2.45) is 0 Å². The molecule has 0 radical (unpaired) electrons. The zero-order valence-corrected chi connectivity index (χ0v) is 15.2. The fourth-order valence-electron chi connectivity index (χ4n) is 2.85. The van der Waals surface area contributed by atoms with Gasteiger partial charge < -0.3 is 18.5 Å². The van der Waals surface area contributed by atoms with Crippen molar-refractivity contribution < 1.29 is 13.6 Å². The van der Waals surface area contributed by atoms with E-state index in [1.54, 1.807) is 7.11 Å². The highest BCUT2D eigenvalue weighted by molar-refractivity contribution is 6.66. The maximum Gasteiger partial charge on any atom is 0.335 e. The summed E-state index contributed by atoms with van der Waals surface area (Å²) in [4.78, 5) is 2.38. The van der Waals surface area contributed by atoms with Crippen molar-refractivity contribution in [2.45, 2.75) is 45.0 Å². The highest BCUT2D eigenvalue weighted by atomic mass is 28.4. The fourth-order valence-corrected chi connectivity index (χ4v) is 4.90. The Morgan fingerprint density at radius 1 is 1.32 bits per heavy atom. The van der Waals surface area contributed by atoms with Crippen molar-refractivity contribution >= 4 is 14.2 Å². The summed E-state index contributed by atoms with van der Waals surface area (Å²) < 4.78 is 17.9. The van der Waals surface area contributed by atoms with Gasteiger partial charge in [0, 0.05) is 32.0 Å². The number of hydrogen-bond acceptors (Lipinski definition) is 4. The Bertz CT molecular complexity index is 443. The van der Waals surface area contributed by atoms with Gasteiger partial charge in [-0.15, -0.1) is 0 Å². The molecule has 0 amide bonds. The Labute approximate surface area is 135 Å². The third kappa shape index (κ3) is 4.81. The summed E-state index contributed by atoms with van der Waals surface area (Å²) in [6.45, 7) is 8.86. The van der Waals surface area contributed by atoms with E-state index < -0.39 is 8.56 Å². The van der Waals surface area contributed by atoms with Crippen LogP contribution in [-0.4, -0.2) is 47.6 Å². The standard InChI is InChI=1S/C17H29NO3Si/c1-15(2)18(16-9-6-5-7-10-16)13-17-14-20-11-8-12-22(4,19-3)21-17/h5-7,9-10,15,17H,8,11-14H2,1-4H3. The molecular weight excluding hydrogens is 294 g/mol. The second-order valence-corrected chi connectivity index (χ2v) is 9.75. The molecule has 1 aliphatic rings. The first kappa shape index (κ1) is 17.5. The number of hydrogen-bond donors (Lipinski definition) is 0. The van der Waals surface area contributed by atoms with Crippen molar-refractivity contribution in [1.82, 2.24) is 0 Å². The van der Waals surface area contributed by atoms with Gasteiger partial charge in [0.15, 0.2) is 0 Å². The predicted molar refractivity (Wildman–Crippen MR) is 92.7 cm³/mol. The third-order valence-electron chi connectivity index (χ3n) is 4.18. The van der Waals surface area contributed by atoms with E-state index in [2.05, 4.69) is 49.6 Å². The normalized spacial score (nSPS) is 26.5. The summed E-state index contributed by atoms with van der Waals surface area (Å²) in [5, 5.41) is 0. The largest absolute Gasteiger partial charge is 0.398 e. The monoisotopic (exact) mass is 323 g/mol. The SMILES string of the molecule is CO[Si]1(C)CCCOCC(CN(c2ccccc2)C(C)C)O1. The maximum atomic E-state index is 6.38. The second kappa shape index (κ2) is 8.11. The van der Waals surface area contributed by atoms with Crippen LogP contribution in [0.25, 0.3) is 0 Å². The van der Waals surface area contributed by atoms with Crippen molar-refractivity contribution in [3.63, 3.8) is 0 Å². The number of nitrogens with zero attached hydrogens (tertiary/aromatic N) is 1. The Morgan fingerprint density at radius 2 is 2.05 bits per heavy atom. The van der Waals surface area contributed by atoms with Crippen molar-refractivity contribution in [1.29, 1.82) is 0 Å². The molecule has 1 aromatic carbocycles. The van der Waals surface area contributed by atoms with E-state index in [9.17, 15) is 0 Å². The van der Waals surface area contributed by atoms with Crippen LogP contribution in [0.1, 0.15) is 20.3 Å². The van der Waals surface area contributed by atoms with E-state index in [0.717, 1.165) is 25.6 Å². The van der Waals surface area contributed by atoms with E-state index >= 15 is 0 Å². The Hall–Kier alpha value is -0.883. The first-order valence-corrected chi connectivity index (χ1v) is 10.7. The van der Waals surface area contributed by atoms with Crippen molar-refractivity contribution in [2.75, 3.05) is 31.8 Å². The summed E-state index contributed by atoms with van der Waals surface area (Å²) in [7, 11) is -0.284. The lowest BCUT2D eigenvalue weighted by molar-refractivity contribution is 0.0204. The van der Waals surface area contributed by atoms with Gasteiger partial charge in [0.05, 0.1) is 12.7 Å². The van der Waals surface area contributed by atoms with Crippen LogP contribution < -0.4 is 4.90 Å². The van der Waals surface area contributed by atoms with E-state index in [1.807, 2.05) is 6.07 Å². The first-order valence-electron chi connectivity index (χ1n) is 8.16. The molecule has 0 saturated carbocycles. The minimum atomic E-state index is -2.07. The van der Waals surface area contributed by atoms with E-state index in [1.165, 1.54) is 5.69 Å². The lowest BCUT2D eigenvalue weighted by Crippen LogP contribution is -2.49. The minimum absolute atomic E-state index is 0.0551. The molecule has 0 aromatic heterocycles. The summed E-state index contributed by atoms with van der Waals surface area (Å²) in [5.74, 6) is 0. The number of rotatable bonds is 5. The maximum absolute atomic E-state index is 6.38. The van der Waals surface area contributed by atoms with Gasteiger partial charge in [0.1, 0.15) is 0 Å². The predicted octanol–water partition coefficient (Wildman–Crippen LogP) is 3.43. The molecule has 124 valence electrons. The molecule has 0 bridgehead atoms. The Balaban J connectivity index is 2.10. The van der Waals surface area contributed by atoms with Crippen LogP contribution in [-0.2, 0) is 13.6 Å². The quantitative estimate of drug-likeness (QED) is 0.777. The van der Waals surface area contributed by atoms with E-state index in [-0.39, 0.29) is 6.10 Å². The molecule has 4 nitrogen and oxygen atoms in total. The average molecular weight is 324 g/mol. The first-order chi connectivity index (χ1) is 10.5. The van der Waals surface area contributed by atoms with Crippen LogP contribution in [0, 0.1) is 0 Å². The molecule has 0 N–H and O–H groups in total. The lowest BCUT2D eigenvalue weighted by Gasteiger charge is -2.37. The molecule has 2 unspecified atom stereocenters. The second-order valence-electron chi connectivity index (χ2n) is 6.34. The van der Waals surface area contributed by atoms with Gasteiger partial charge in [0.25, 0.3) is 0 Å². The summed E-state index contributed by atoms with van der Waals surface area (Å²) in [6.07, 6.45) is 1.08. The van der Waals surface area contributed by atoms with Crippen LogP contribution >= 0.6 is 0 Å². The van der Waals surface area contributed by atoms with E-state index in [4.69, 9.17) is 13.6 Å². The molecule has 2 rings (SSSR count). The third-order valence-corrected chi connectivity index (χ3v) is 7.14. The van der Waals surface area contributed by atoms with Gasteiger partial charge in [0.2, 0.25) is 0 Å². The van der Waals surface area contributed by atoms with Crippen LogP contribution in [0.4, 0.5) is 5.69 Å². The van der Waals surface area contributed by atoms with Gasteiger partial charge in [-0.25, -0.2) is 0 Å². The molecule has 5 heteroatoms. The molecule has 1 saturated heterocycles. The van der Waals surface area contributed by atoms with Gasteiger partial charge in [-0.05, 0) is 45.0 Å². The molecule has 0 aliphatic carbocycles. The fraction of sp³-hybridized carbons (Fsp3) is 0.647. The zero-order valence-electron chi connectivity index (χ0n) is 14.2. The van der Waals surface area contributed by atoms with Gasteiger partial charge >= 0.3 is 8.56 Å². The molecule has 1 fully saturated rings. The molecule has 1 aliphatic heterocycles. The summed E-state index contributed by atoms with van der Waals surface area (Å²) in [6, 6.07) is 11.9. The zero-order chi connectivity index (χ0) is 16.0. The molecule has 1 aromatic rings. The molecule has 22 heavy (non-hydrogen) atoms. The molecular formula is C17H29NO3Si. The van der Waals surface area contributed by atoms with Gasteiger partial charge in [-0.2, -0.15) is 0 Å². The molecule has 0 spiro atoms. The van der Waals surface area contributed by atoms with Crippen molar-refractivity contribution in [3.8, 4) is 0 Å². The van der Waals surface area contributed by atoms with Crippen LogP contribution in [0.3, 0.4) is 0 Å². The highest BCUT2D eigenvalue weighted by Crippen LogP contribution is 2.23. The molecule has 1 heterocycles. The number of para-hydroxylation sites is 1. The smallest absolute Gasteiger partial charge is 0.335 e. The Morgan fingerprint density at radius 3 is 2.68 bits per heavy atom. The number of anilines is 1. The minimum Gasteiger partial charge on any atom is -0.398 e. The van der Waals surface area contributed by atoms with Crippen LogP contribution in [0.5, 0.6) is 0 Å². The highest BCUT2D eigenvalue weighted by Gasteiger charge is 2.35. The van der Waals surface area contributed by atoms with Crippen molar-refractivity contribution in [3.05, 3.63) is 30.3 Å². The average Bonchev–Trinajstić information content (AvgIpc) is 2.50. The number of benzene rings is 1. The summed E-state index contributed by atoms with van der Waals surface area (Å²) in [5.41, 5.74) is 1.23. The van der Waals surface area contributed by atoms with E-state index in [0.29, 0.717) is 12.6 Å². The topological polar surface area (TPSA) is 30.9 Å². The number of ether oxygens (including phenoxy) is 1. The van der Waals surface area contributed by atoms with Crippen LogP contribution in [0.15, 0.2) is 30.3 Å². The summed E-state index contributed by atoms with van der Waals surface area (Å²) >= 11 is 0. The lowest BCUT2D eigenvalue weighted by atomic mass is 10.2. The van der Waals surface area contributed by atoms with Gasteiger partial charge in [-0.1, -0.05) is 18.2 Å². The van der Waals surface area contributed by atoms with Crippen LogP contribution in [0.2, 0.25) is 12.6 Å². The van der Waals surface area contributed by atoms with Gasteiger partial charge in [-0.3, -0.25) is 0 Å². The molecule has 2 atom stereocenters. The Kier molecular flexibility index (Phi) is 6.44.